The summed E-state index contributed by atoms with van der Waals surface area (Å²) >= 11 is 0. The first kappa shape index (κ1) is 14.4. The summed E-state index contributed by atoms with van der Waals surface area (Å²) in [4.78, 5) is 11.6. The van der Waals surface area contributed by atoms with Crippen LogP contribution in [-0.2, 0) is 4.79 Å². The molecule has 3 heteroatoms. The monoisotopic (exact) mass is 214 g/mol. The third-order valence-electron chi connectivity index (χ3n) is 2.06. The van der Waals surface area contributed by atoms with Crippen molar-refractivity contribution in [3.05, 3.63) is 0 Å². The van der Waals surface area contributed by atoms with E-state index in [1.165, 1.54) is 0 Å². The van der Waals surface area contributed by atoms with Crippen molar-refractivity contribution >= 4 is 5.91 Å². The van der Waals surface area contributed by atoms with E-state index in [1.54, 1.807) is 0 Å². The minimum Gasteiger partial charge on any atom is -0.355 e. The average molecular weight is 214 g/mol. The van der Waals surface area contributed by atoms with Gasteiger partial charge >= 0.3 is 0 Å². The van der Waals surface area contributed by atoms with Crippen molar-refractivity contribution in [1.82, 2.24) is 10.6 Å². The summed E-state index contributed by atoms with van der Waals surface area (Å²) in [6.45, 7) is 13.2. The molecule has 0 saturated heterocycles. The molecule has 0 aliphatic rings. The standard InChI is InChI=1S/C12H26N2O/c1-9(2)7-8-13-11(15)10(3)14-12(4,5)6/h9-10,14H,7-8H2,1-6H3,(H,13,15)/t10-/m1/s1. The molecule has 0 unspecified atom stereocenters. The van der Waals surface area contributed by atoms with Crippen molar-refractivity contribution in [2.45, 2.75) is 59.5 Å². The Morgan fingerprint density at radius 2 is 1.73 bits per heavy atom. The highest BCUT2D eigenvalue weighted by molar-refractivity contribution is 5.81. The fourth-order valence-electron chi connectivity index (χ4n) is 1.35. The highest BCUT2D eigenvalue weighted by Gasteiger charge is 2.18. The molecule has 0 heterocycles. The molecule has 0 aliphatic heterocycles. The maximum atomic E-state index is 11.6. The van der Waals surface area contributed by atoms with E-state index < -0.39 is 0 Å². The van der Waals surface area contributed by atoms with E-state index in [-0.39, 0.29) is 17.5 Å². The molecule has 0 spiro atoms. The topological polar surface area (TPSA) is 41.1 Å². The second-order valence-electron chi connectivity index (χ2n) is 5.59. The lowest BCUT2D eigenvalue weighted by Crippen LogP contribution is -2.50. The Balaban J connectivity index is 3.80. The molecular formula is C12H26N2O. The van der Waals surface area contributed by atoms with Crippen LogP contribution in [0.15, 0.2) is 0 Å². The summed E-state index contributed by atoms with van der Waals surface area (Å²) in [6.07, 6.45) is 1.04. The first-order valence-electron chi connectivity index (χ1n) is 5.78. The number of hydrogen-bond acceptors (Lipinski definition) is 2. The Morgan fingerprint density at radius 1 is 1.20 bits per heavy atom. The second kappa shape index (κ2) is 6.11. The Kier molecular flexibility index (Phi) is 5.88. The predicted molar refractivity (Wildman–Crippen MR) is 64.8 cm³/mol. The fourth-order valence-corrected chi connectivity index (χ4v) is 1.35. The molecular weight excluding hydrogens is 188 g/mol. The molecule has 2 N–H and O–H groups in total. The zero-order valence-corrected chi connectivity index (χ0v) is 11.0. The minimum absolute atomic E-state index is 0.0190. The van der Waals surface area contributed by atoms with Crippen molar-refractivity contribution in [3.8, 4) is 0 Å². The minimum atomic E-state index is -0.128. The van der Waals surface area contributed by atoms with Gasteiger partial charge in [0.2, 0.25) is 5.91 Å². The fraction of sp³-hybridized carbons (Fsp3) is 0.917. The summed E-state index contributed by atoms with van der Waals surface area (Å²) in [7, 11) is 0. The van der Waals surface area contributed by atoms with Gasteiger partial charge < -0.3 is 10.6 Å². The van der Waals surface area contributed by atoms with E-state index in [0.29, 0.717) is 5.92 Å². The largest absolute Gasteiger partial charge is 0.355 e. The first-order valence-corrected chi connectivity index (χ1v) is 5.78. The van der Waals surface area contributed by atoms with Crippen LogP contribution in [0.25, 0.3) is 0 Å². The quantitative estimate of drug-likeness (QED) is 0.734. The van der Waals surface area contributed by atoms with Gasteiger partial charge in [-0.1, -0.05) is 13.8 Å². The van der Waals surface area contributed by atoms with Gasteiger partial charge in [-0.05, 0) is 40.0 Å². The van der Waals surface area contributed by atoms with Crippen molar-refractivity contribution in [1.29, 1.82) is 0 Å². The van der Waals surface area contributed by atoms with Crippen LogP contribution in [0.5, 0.6) is 0 Å². The second-order valence-corrected chi connectivity index (χ2v) is 5.59. The molecule has 0 aliphatic carbocycles. The van der Waals surface area contributed by atoms with Crippen molar-refractivity contribution < 1.29 is 4.79 Å². The molecule has 0 aromatic heterocycles. The third-order valence-corrected chi connectivity index (χ3v) is 2.06. The molecule has 0 aromatic rings. The van der Waals surface area contributed by atoms with Crippen LogP contribution in [0.1, 0.15) is 48.0 Å². The molecule has 0 bridgehead atoms. The van der Waals surface area contributed by atoms with Crippen LogP contribution in [0.3, 0.4) is 0 Å². The van der Waals surface area contributed by atoms with E-state index >= 15 is 0 Å². The summed E-state index contributed by atoms with van der Waals surface area (Å²) < 4.78 is 0. The molecule has 15 heavy (non-hydrogen) atoms. The van der Waals surface area contributed by atoms with Crippen LogP contribution in [-0.4, -0.2) is 24.0 Å². The van der Waals surface area contributed by atoms with E-state index in [2.05, 4.69) is 45.3 Å². The molecule has 1 amide bonds. The van der Waals surface area contributed by atoms with Crippen LogP contribution in [0, 0.1) is 5.92 Å². The molecule has 90 valence electrons. The van der Waals surface area contributed by atoms with E-state index in [0.717, 1.165) is 13.0 Å². The average Bonchev–Trinajstić information content (AvgIpc) is 1.99. The molecule has 0 radical (unpaired) electrons. The lowest BCUT2D eigenvalue weighted by Gasteiger charge is -2.25. The highest BCUT2D eigenvalue weighted by Crippen LogP contribution is 2.01. The van der Waals surface area contributed by atoms with Gasteiger partial charge in [0.1, 0.15) is 0 Å². The Labute approximate surface area is 94.0 Å². The zero-order chi connectivity index (χ0) is 12.1. The Morgan fingerprint density at radius 3 is 2.13 bits per heavy atom. The van der Waals surface area contributed by atoms with Gasteiger partial charge in [-0.25, -0.2) is 0 Å². The van der Waals surface area contributed by atoms with Gasteiger partial charge in [-0.15, -0.1) is 0 Å². The summed E-state index contributed by atoms with van der Waals surface area (Å²) in [6, 6.07) is -0.128. The highest BCUT2D eigenvalue weighted by atomic mass is 16.2. The lowest BCUT2D eigenvalue weighted by atomic mass is 10.1. The Bertz CT molecular complexity index is 194. The summed E-state index contributed by atoms with van der Waals surface area (Å²) in [5.41, 5.74) is -0.0190. The van der Waals surface area contributed by atoms with Crippen LogP contribution >= 0.6 is 0 Å². The van der Waals surface area contributed by atoms with Crippen molar-refractivity contribution in [3.63, 3.8) is 0 Å². The number of nitrogens with one attached hydrogen (secondary N) is 2. The van der Waals surface area contributed by atoms with Crippen molar-refractivity contribution in [2.24, 2.45) is 5.92 Å². The zero-order valence-electron chi connectivity index (χ0n) is 11.0. The van der Waals surface area contributed by atoms with Crippen LogP contribution in [0.4, 0.5) is 0 Å². The number of amides is 1. The SMILES string of the molecule is CC(C)CCNC(=O)[C@@H](C)NC(C)(C)C. The van der Waals surface area contributed by atoms with Gasteiger partial charge in [0, 0.05) is 12.1 Å². The van der Waals surface area contributed by atoms with Gasteiger partial charge in [-0.3, -0.25) is 4.79 Å². The number of rotatable bonds is 5. The lowest BCUT2D eigenvalue weighted by molar-refractivity contribution is -0.123. The number of hydrogen-bond donors (Lipinski definition) is 2. The van der Waals surface area contributed by atoms with Crippen LogP contribution < -0.4 is 10.6 Å². The van der Waals surface area contributed by atoms with Gasteiger partial charge in [0.15, 0.2) is 0 Å². The van der Waals surface area contributed by atoms with E-state index in [1.807, 2.05) is 6.92 Å². The summed E-state index contributed by atoms with van der Waals surface area (Å²) in [5.74, 6) is 0.724. The molecule has 0 rings (SSSR count). The predicted octanol–water partition coefficient (Wildman–Crippen LogP) is 1.93. The number of carbonyl (C=O) groups is 1. The smallest absolute Gasteiger partial charge is 0.236 e. The van der Waals surface area contributed by atoms with Crippen molar-refractivity contribution in [2.75, 3.05) is 6.54 Å². The molecule has 1 atom stereocenters. The van der Waals surface area contributed by atoms with Gasteiger partial charge in [-0.2, -0.15) is 0 Å². The maximum absolute atomic E-state index is 11.6. The molecule has 0 saturated carbocycles. The normalized spacial score (nSPS) is 14.1. The third kappa shape index (κ3) is 8.43. The molecule has 0 aromatic carbocycles. The molecule has 3 nitrogen and oxygen atoms in total. The van der Waals surface area contributed by atoms with Crippen LogP contribution in [0.2, 0.25) is 0 Å². The summed E-state index contributed by atoms with van der Waals surface area (Å²) in [5, 5.41) is 6.18. The Hall–Kier alpha value is -0.570. The van der Waals surface area contributed by atoms with E-state index in [4.69, 9.17) is 0 Å². The molecule has 0 fully saturated rings. The first-order chi connectivity index (χ1) is 6.72. The van der Waals surface area contributed by atoms with Gasteiger partial charge in [0.25, 0.3) is 0 Å². The van der Waals surface area contributed by atoms with E-state index in [9.17, 15) is 4.79 Å². The number of carbonyl (C=O) groups excluding carboxylic acids is 1. The maximum Gasteiger partial charge on any atom is 0.236 e. The van der Waals surface area contributed by atoms with Gasteiger partial charge in [0.05, 0.1) is 6.04 Å².